The van der Waals surface area contributed by atoms with Gasteiger partial charge in [0.25, 0.3) is 0 Å². The van der Waals surface area contributed by atoms with Crippen molar-refractivity contribution in [2.45, 2.75) is 26.0 Å². The van der Waals surface area contributed by atoms with Crippen molar-refractivity contribution in [2.24, 2.45) is 0 Å². The fraction of sp³-hybridized carbons (Fsp3) is 0.385. The van der Waals surface area contributed by atoms with Crippen LogP contribution in [0.1, 0.15) is 30.8 Å². The highest BCUT2D eigenvalue weighted by Crippen LogP contribution is 2.29. The molecule has 1 N–H and O–H groups in total. The number of rotatable bonds is 5. The van der Waals surface area contributed by atoms with Crippen LogP contribution in [0.25, 0.3) is 0 Å². The van der Waals surface area contributed by atoms with Gasteiger partial charge in [-0.3, -0.25) is 9.67 Å². The van der Waals surface area contributed by atoms with E-state index >= 15 is 0 Å². The molecule has 0 fully saturated rings. The molecule has 0 spiro atoms. The van der Waals surface area contributed by atoms with E-state index in [4.69, 9.17) is 4.74 Å². The number of ether oxygens (including phenoxy) is 1. The zero-order valence-corrected chi connectivity index (χ0v) is 12.5. The van der Waals surface area contributed by atoms with E-state index in [-0.39, 0.29) is 0 Å². The van der Waals surface area contributed by atoms with E-state index in [9.17, 15) is 5.11 Å². The Balaban J connectivity index is 2.38. The molecule has 0 aliphatic carbocycles. The standard InChI is InChI=1S/C13H16BrN3O2/c1-3-6-17-12(11(19-2)8-16-17)13(18)10-5-4-9(14)7-15-10/h4-5,7-8,13,18H,3,6H2,1-2H3. The van der Waals surface area contributed by atoms with E-state index in [1.165, 1.54) is 0 Å². The maximum atomic E-state index is 10.5. The molecule has 0 bridgehead atoms. The maximum Gasteiger partial charge on any atom is 0.163 e. The number of methoxy groups -OCH3 is 1. The molecule has 2 aromatic rings. The Morgan fingerprint density at radius 2 is 2.21 bits per heavy atom. The van der Waals surface area contributed by atoms with E-state index < -0.39 is 6.10 Å². The van der Waals surface area contributed by atoms with Gasteiger partial charge in [0, 0.05) is 17.2 Å². The van der Waals surface area contributed by atoms with Crippen molar-refractivity contribution in [3.05, 3.63) is 40.4 Å². The molecule has 0 saturated carbocycles. The van der Waals surface area contributed by atoms with Gasteiger partial charge in [-0.05, 0) is 34.5 Å². The number of aromatic nitrogens is 3. The van der Waals surface area contributed by atoms with Crippen molar-refractivity contribution in [3.8, 4) is 5.75 Å². The van der Waals surface area contributed by atoms with Gasteiger partial charge in [0.15, 0.2) is 5.75 Å². The van der Waals surface area contributed by atoms with Gasteiger partial charge in [-0.15, -0.1) is 0 Å². The zero-order valence-electron chi connectivity index (χ0n) is 10.9. The first kappa shape index (κ1) is 14.0. The number of aliphatic hydroxyl groups is 1. The first-order valence-electron chi connectivity index (χ1n) is 6.06. The van der Waals surface area contributed by atoms with Crippen molar-refractivity contribution < 1.29 is 9.84 Å². The van der Waals surface area contributed by atoms with Crippen LogP contribution in [-0.4, -0.2) is 27.0 Å². The molecule has 0 radical (unpaired) electrons. The number of halogens is 1. The Morgan fingerprint density at radius 3 is 2.79 bits per heavy atom. The van der Waals surface area contributed by atoms with Crippen LogP contribution in [0, 0.1) is 0 Å². The summed E-state index contributed by atoms with van der Waals surface area (Å²) in [6, 6.07) is 3.62. The summed E-state index contributed by atoms with van der Waals surface area (Å²) in [6.45, 7) is 2.79. The van der Waals surface area contributed by atoms with Gasteiger partial charge in [0.1, 0.15) is 11.8 Å². The zero-order chi connectivity index (χ0) is 13.8. The van der Waals surface area contributed by atoms with Crippen LogP contribution in [0.3, 0.4) is 0 Å². The molecule has 5 nitrogen and oxygen atoms in total. The normalized spacial score (nSPS) is 12.4. The predicted molar refractivity (Wildman–Crippen MR) is 75.1 cm³/mol. The van der Waals surface area contributed by atoms with Crippen LogP contribution in [0.2, 0.25) is 0 Å². The minimum absolute atomic E-state index is 0.569. The lowest BCUT2D eigenvalue weighted by Gasteiger charge is -2.14. The molecule has 0 aromatic carbocycles. The molecule has 0 saturated heterocycles. The lowest BCUT2D eigenvalue weighted by molar-refractivity contribution is 0.197. The quantitative estimate of drug-likeness (QED) is 0.917. The van der Waals surface area contributed by atoms with Crippen LogP contribution in [0.5, 0.6) is 5.75 Å². The Morgan fingerprint density at radius 1 is 1.42 bits per heavy atom. The molecule has 6 heteroatoms. The first-order chi connectivity index (χ1) is 9.17. The van der Waals surface area contributed by atoms with Crippen molar-refractivity contribution in [1.82, 2.24) is 14.8 Å². The third kappa shape index (κ3) is 2.96. The average Bonchev–Trinajstić information content (AvgIpc) is 2.82. The number of hydrogen-bond donors (Lipinski definition) is 1. The minimum Gasteiger partial charge on any atom is -0.493 e. The lowest BCUT2D eigenvalue weighted by atomic mass is 10.1. The second-order valence-electron chi connectivity index (χ2n) is 4.13. The smallest absolute Gasteiger partial charge is 0.163 e. The van der Waals surface area contributed by atoms with Crippen LogP contribution in [0.15, 0.2) is 29.0 Å². The molecule has 19 heavy (non-hydrogen) atoms. The second kappa shape index (κ2) is 6.16. The van der Waals surface area contributed by atoms with E-state index in [2.05, 4.69) is 32.9 Å². The molecule has 102 valence electrons. The molecule has 0 amide bonds. The lowest BCUT2D eigenvalue weighted by Crippen LogP contribution is -2.12. The first-order valence-corrected chi connectivity index (χ1v) is 6.85. The summed E-state index contributed by atoms with van der Waals surface area (Å²) in [6.07, 6.45) is 3.36. The third-order valence-corrected chi connectivity index (χ3v) is 3.26. The Bertz CT molecular complexity index is 539. The molecule has 2 heterocycles. The molecule has 2 rings (SSSR count). The van der Waals surface area contributed by atoms with Gasteiger partial charge >= 0.3 is 0 Å². The molecular weight excluding hydrogens is 310 g/mol. The summed E-state index contributed by atoms with van der Waals surface area (Å²) in [5, 5.41) is 14.7. The Labute approximate surface area is 120 Å². The monoisotopic (exact) mass is 325 g/mol. The van der Waals surface area contributed by atoms with Crippen LogP contribution in [-0.2, 0) is 6.54 Å². The molecule has 2 aromatic heterocycles. The van der Waals surface area contributed by atoms with Gasteiger partial charge in [0.2, 0.25) is 0 Å². The summed E-state index contributed by atoms with van der Waals surface area (Å²) >= 11 is 3.32. The third-order valence-electron chi connectivity index (χ3n) is 2.79. The number of pyridine rings is 1. The van der Waals surface area contributed by atoms with E-state index in [0.717, 1.165) is 17.4 Å². The second-order valence-corrected chi connectivity index (χ2v) is 5.04. The fourth-order valence-corrected chi connectivity index (χ4v) is 2.12. The van der Waals surface area contributed by atoms with Gasteiger partial charge in [-0.1, -0.05) is 6.92 Å². The van der Waals surface area contributed by atoms with Gasteiger partial charge in [-0.2, -0.15) is 5.10 Å². The van der Waals surface area contributed by atoms with Crippen LogP contribution < -0.4 is 4.74 Å². The van der Waals surface area contributed by atoms with Gasteiger partial charge in [-0.25, -0.2) is 0 Å². The summed E-state index contributed by atoms with van der Waals surface area (Å²) < 4.78 is 7.89. The van der Waals surface area contributed by atoms with Crippen molar-refractivity contribution in [1.29, 1.82) is 0 Å². The molecule has 0 aliphatic rings. The van der Waals surface area contributed by atoms with Gasteiger partial charge in [0.05, 0.1) is 19.0 Å². The topological polar surface area (TPSA) is 60.2 Å². The number of hydrogen-bond acceptors (Lipinski definition) is 4. The van der Waals surface area contributed by atoms with Crippen molar-refractivity contribution >= 4 is 15.9 Å². The Kier molecular flexibility index (Phi) is 4.55. The molecule has 0 aliphatic heterocycles. The van der Waals surface area contributed by atoms with Crippen molar-refractivity contribution in [3.63, 3.8) is 0 Å². The number of nitrogens with zero attached hydrogens (tertiary/aromatic N) is 3. The highest BCUT2D eigenvalue weighted by atomic mass is 79.9. The summed E-state index contributed by atoms with van der Waals surface area (Å²) in [5.41, 5.74) is 1.21. The summed E-state index contributed by atoms with van der Waals surface area (Å²) in [4.78, 5) is 4.22. The highest BCUT2D eigenvalue weighted by Gasteiger charge is 2.22. The predicted octanol–water partition coefficient (Wildman–Crippen LogP) is 2.54. The van der Waals surface area contributed by atoms with Crippen LogP contribution in [0.4, 0.5) is 0 Å². The average molecular weight is 326 g/mol. The van der Waals surface area contributed by atoms with Gasteiger partial charge < -0.3 is 9.84 Å². The molecule has 1 atom stereocenters. The van der Waals surface area contributed by atoms with Crippen molar-refractivity contribution in [2.75, 3.05) is 7.11 Å². The highest BCUT2D eigenvalue weighted by molar-refractivity contribution is 9.10. The van der Waals surface area contributed by atoms with E-state index in [1.54, 1.807) is 30.3 Å². The summed E-state index contributed by atoms with van der Waals surface area (Å²) in [5.74, 6) is 0.575. The number of aliphatic hydroxyl groups excluding tert-OH is 1. The Hall–Kier alpha value is -1.40. The molecular formula is C13H16BrN3O2. The van der Waals surface area contributed by atoms with E-state index in [0.29, 0.717) is 17.1 Å². The minimum atomic E-state index is -0.850. The fourth-order valence-electron chi connectivity index (χ4n) is 1.89. The summed E-state index contributed by atoms with van der Waals surface area (Å²) in [7, 11) is 1.57. The SMILES string of the molecule is CCCn1ncc(OC)c1C(O)c1ccc(Br)cn1. The van der Waals surface area contributed by atoms with E-state index in [1.807, 2.05) is 6.07 Å². The number of aryl methyl sites for hydroxylation is 1. The maximum absolute atomic E-state index is 10.5. The van der Waals surface area contributed by atoms with Crippen LogP contribution >= 0.6 is 15.9 Å². The largest absolute Gasteiger partial charge is 0.493 e. The molecule has 1 unspecified atom stereocenters.